The number of rotatable bonds is 5. The van der Waals surface area contributed by atoms with E-state index in [1.165, 1.54) is 0 Å². The van der Waals surface area contributed by atoms with Crippen LogP contribution in [0.15, 0.2) is 42.5 Å². The summed E-state index contributed by atoms with van der Waals surface area (Å²) in [6.07, 6.45) is 4.07. The summed E-state index contributed by atoms with van der Waals surface area (Å²) in [6.45, 7) is 0. The fraction of sp³-hybridized carbons (Fsp3) is 0.167. The molecule has 0 aliphatic heterocycles. The van der Waals surface area contributed by atoms with E-state index in [1.54, 1.807) is 12.2 Å². The summed E-state index contributed by atoms with van der Waals surface area (Å²) in [4.78, 5) is 20.9. The Balaban J connectivity index is 2.35. The molecule has 1 aromatic rings. The number of aliphatic carboxylic acids is 1. The number of hydrogen-bond acceptors (Lipinski definition) is 2. The van der Waals surface area contributed by atoms with E-state index in [-0.39, 0.29) is 6.42 Å². The van der Waals surface area contributed by atoms with Gasteiger partial charge in [-0.25, -0.2) is 4.79 Å². The van der Waals surface area contributed by atoms with Gasteiger partial charge in [-0.15, -0.1) is 0 Å². The van der Waals surface area contributed by atoms with Crippen molar-refractivity contribution in [3.05, 3.63) is 48.0 Å². The molecule has 15 heavy (non-hydrogen) atoms. The zero-order chi connectivity index (χ0) is 11.1. The molecule has 1 N–H and O–H groups in total. The molecule has 0 bridgehead atoms. The predicted molar refractivity (Wildman–Crippen MR) is 56.5 cm³/mol. The molecule has 1 rings (SSSR count). The second-order valence-electron chi connectivity index (χ2n) is 3.09. The highest BCUT2D eigenvalue weighted by atomic mass is 16.4. The molecule has 0 aliphatic rings. The summed E-state index contributed by atoms with van der Waals surface area (Å²) in [7, 11) is 0. The fourth-order valence-corrected chi connectivity index (χ4v) is 1.11. The summed E-state index contributed by atoms with van der Waals surface area (Å²) in [5, 5.41) is 8.31. The number of carbonyl (C=O) groups is 2. The molecule has 0 atom stereocenters. The van der Waals surface area contributed by atoms with E-state index in [9.17, 15) is 9.59 Å². The molecule has 0 saturated heterocycles. The molecule has 0 heterocycles. The smallest absolute Gasteiger partial charge is 0.372 e. The van der Waals surface area contributed by atoms with E-state index in [4.69, 9.17) is 5.11 Å². The largest absolute Gasteiger partial charge is 0.475 e. The van der Waals surface area contributed by atoms with E-state index < -0.39 is 11.8 Å². The molecule has 0 amide bonds. The van der Waals surface area contributed by atoms with Gasteiger partial charge in [-0.2, -0.15) is 0 Å². The average molecular weight is 204 g/mol. The molecule has 0 aromatic heterocycles. The van der Waals surface area contributed by atoms with Gasteiger partial charge in [-0.3, -0.25) is 4.79 Å². The minimum absolute atomic E-state index is 0.0395. The number of benzene rings is 1. The molecular formula is C12H12O3. The lowest BCUT2D eigenvalue weighted by molar-refractivity contribution is -0.148. The van der Waals surface area contributed by atoms with Gasteiger partial charge in [0.25, 0.3) is 0 Å². The van der Waals surface area contributed by atoms with Crippen molar-refractivity contribution in [2.45, 2.75) is 12.8 Å². The van der Waals surface area contributed by atoms with Crippen molar-refractivity contribution in [2.75, 3.05) is 0 Å². The molecule has 0 fully saturated rings. The molecule has 0 aliphatic carbocycles. The van der Waals surface area contributed by atoms with Gasteiger partial charge >= 0.3 is 5.97 Å². The Kier molecular flexibility index (Phi) is 4.29. The number of carbonyl (C=O) groups excluding carboxylic acids is 1. The first kappa shape index (κ1) is 11.2. The Labute approximate surface area is 88.0 Å². The maximum absolute atomic E-state index is 10.7. The van der Waals surface area contributed by atoms with Crippen LogP contribution in [0.5, 0.6) is 0 Å². The van der Waals surface area contributed by atoms with Crippen LogP contribution in [0.1, 0.15) is 12.0 Å². The van der Waals surface area contributed by atoms with Crippen molar-refractivity contribution >= 4 is 11.8 Å². The Hall–Kier alpha value is -1.90. The number of allylic oxidation sites excluding steroid dienone is 2. The monoisotopic (exact) mass is 204 g/mol. The number of carboxylic acid groups (broad SMARTS) is 1. The van der Waals surface area contributed by atoms with Crippen LogP contribution in [0.25, 0.3) is 0 Å². The second kappa shape index (κ2) is 5.75. The Morgan fingerprint density at radius 1 is 1.13 bits per heavy atom. The summed E-state index contributed by atoms with van der Waals surface area (Å²) >= 11 is 0. The van der Waals surface area contributed by atoms with Crippen LogP contribution in [-0.4, -0.2) is 16.9 Å². The minimum atomic E-state index is -1.38. The maximum Gasteiger partial charge on any atom is 0.372 e. The second-order valence-corrected chi connectivity index (χ2v) is 3.09. The van der Waals surface area contributed by atoms with Crippen molar-refractivity contribution in [3.63, 3.8) is 0 Å². The van der Waals surface area contributed by atoms with Gasteiger partial charge in [0.2, 0.25) is 5.78 Å². The lowest BCUT2D eigenvalue weighted by atomic mass is 10.1. The first-order valence-electron chi connectivity index (χ1n) is 4.65. The van der Waals surface area contributed by atoms with E-state index in [2.05, 4.69) is 0 Å². The van der Waals surface area contributed by atoms with Crippen LogP contribution < -0.4 is 0 Å². The van der Waals surface area contributed by atoms with Crippen LogP contribution in [0.3, 0.4) is 0 Å². The molecule has 78 valence electrons. The van der Waals surface area contributed by atoms with Crippen LogP contribution in [0.2, 0.25) is 0 Å². The van der Waals surface area contributed by atoms with E-state index in [1.807, 2.05) is 30.3 Å². The summed E-state index contributed by atoms with van der Waals surface area (Å²) in [5.74, 6) is -2.15. The highest BCUT2D eigenvalue weighted by molar-refractivity contribution is 6.33. The third kappa shape index (κ3) is 4.22. The van der Waals surface area contributed by atoms with Gasteiger partial charge < -0.3 is 5.11 Å². The topological polar surface area (TPSA) is 54.4 Å². The Bertz CT molecular complexity index is 366. The van der Waals surface area contributed by atoms with Crippen LogP contribution in [0.4, 0.5) is 0 Å². The van der Waals surface area contributed by atoms with E-state index >= 15 is 0 Å². The molecule has 3 nitrogen and oxygen atoms in total. The van der Waals surface area contributed by atoms with Crippen molar-refractivity contribution in [1.82, 2.24) is 0 Å². The standard InChI is InChI=1S/C12H12O3/c13-11(12(14)15)9-5-4-8-10-6-2-1-3-7-10/h1-7H,8-9H2,(H,14,15). The highest BCUT2D eigenvalue weighted by Crippen LogP contribution is 2.00. The third-order valence-electron chi connectivity index (χ3n) is 1.90. The average Bonchev–Trinajstić information content (AvgIpc) is 2.25. The Morgan fingerprint density at radius 2 is 1.80 bits per heavy atom. The first-order chi connectivity index (χ1) is 7.20. The highest BCUT2D eigenvalue weighted by Gasteiger charge is 2.07. The van der Waals surface area contributed by atoms with Crippen LogP contribution in [0, 0.1) is 0 Å². The number of ketones is 1. The summed E-state index contributed by atoms with van der Waals surface area (Å²) in [5.41, 5.74) is 1.14. The maximum atomic E-state index is 10.7. The number of hydrogen-bond donors (Lipinski definition) is 1. The van der Waals surface area contributed by atoms with Gasteiger partial charge in [0, 0.05) is 6.42 Å². The summed E-state index contributed by atoms with van der Waals surface area (Å²) in [6, 6.07) is 9.75. The molecule has 0 saturated carbocycles. The van der Waals surface area contributed by atoms with Gasteiger partial charge in [0.1, 0.15) is 0 Å². The quantitative estimate of drug-likeness (QED) is 0.588. The SMILES string of the molecule is O=C(O)C(=O)CC=CCc1ccccc1. The molecule has 0 spiro atoms. The molecule has 0 radical (unpaired) electrons. The lowest BCUT2D eigenvalue weighted by Gasteiger charge is -1.93. The summed E-state index contributed by atoms with van der Waals surface area (Å²) < 4.78 is 0. The first-order valence-corrected chi connectivity index (χ1v) is 4.65. The van der Waals surface area contributed by atoms with Crippen molar-refractivity contribution in [3.8, 4) is 0 Å². The van der Waals surface area contributed by atoms with Crippen molar-refractivity contribution < 1.29 is 14.7 Å². The lowest BCUT2D eigenvalue weighted by Crippen LogP contribution is -2.10. The van der Waals surface area contributed by atoms with E-state index in [0.29, 0.717) is 6.42 Å². The number of Topliss-reactive ketones (excluding diaryl/α,β-unsaturated/α-hetero) is 1. The van der Waals surface area contributed by atoms with Gasteiger partial charge in [0.05, 0.1) is 0 Å². The van der Waals surface area contributed by atoms with Gasteiger partial charge in [-0.1, -0.05) is 42.5 Å². The zero-order valence-corrected chi connectivity index (χ0v) is 8.22. The van der Waals surface area contributed by atoms with Gasteiger partial charge in [0.15, 0.2) is 0 Å². The molecule has 3 heteroatoms. The van der Waals surface area contributed by atoms with Gasteiger partial charge in [-0.05, 0) is 12.0 Å². The molecule has 1 aromatic carbocycles. The normalized spacial score (nSPS) is 10.4. The van der Waals surface area contributed by atoms with E-state index in [0.717, 1.165) is 5.56 Å². The minimum Gasteiger partial charge on any atom is -0.475 e. The molecule has 0 unspecified atom stereocenters. The van der Waals surface area contributed by atoms with Crippen LogP contribution >= 0.6 is 0 Å². The van der Waals surface area contributed by atoms with Crippen LogP contribution in [-0.2, 0) is 16.0 Å². The zero-order valence-electron chi connectivity index (χ0n) is 8.22. The number of carboxylic acids is 1. The molecular weight excluding hydrogens is 192 g/mol. The predicted octanol–water partition coefficient (Wildman–Crippen LogP) is 1.83. The third-order valence-corrected chi connectivity index (χ3v) is 1.90. The Morgan fingerprint density at radius 3 is 2.40 bits per heavy atom. The fourth-order valence-electron chi connectivity index (χ4n) is 1.11. The van der Waals surface area contributed by atoms with Crippen molar-refractivity contribution in [1.29, 1.82) is 0 Å². The van der Waals surface area contributed by atoms with Crippen molar-refractivity contribution in [2.24, 2.45) is 0 Å².